The van der Waals surface area contributed by atoms with Crippen LogP contribution in [-0.2, 0) is 22.0 Å². The van der Waals surface area contributed by atoms with E-state index in [4.69, 9.17) is 9.72 Å². The standard InChI is InChI=1S/C34H22.C26H28N2O2S.CH4/c1-3-11-25-21-27(19-17-23(25)9-1)33-29-13-5-7-15-31(29)34(32-16-8-6-14-30(32)33)28-20-18-24-10-2-4-12-26(24)22-28;1-25(2)9-11-28-12-10-26(3,4)20-21(28)17(25)14-15-13-16(24(29)30-22(15)20)23-27-18-7-5-6-8-19(18)31-23;/h1-22H;5-8,14,16H,9-13H2,1-4H3;1H4. The van der Waals surface area contributed by atoms with Crippen molar-refractivity contribution in [2.45, 2.75) is 71.1 Å². The first-order valence-corrected chi connectivity index (χ1v) is 23.9. The van der Waals surface area contributed by atoms with Crippen molar-refractivity contribution in [3.63, 3.8) is 0 Å². The van der Waals surface area contributed by atoms with E-state index in [1.54, 1.807) is 11.3 Å². The Labute approximate surface area is 391 Å². The number of anilines is 1. The van der Waals surface area contributed by atoms with Gasteiger partial charge < -0.3 is 9.64 Å². The molecule has 0 radical (unpaired) electrons. The Balaban J connectivity index is 0.000000144. The number of aromatic nitrogens is 1. The van der Waals surface area contributed by atoms with Crippen molar-refractivity contribution in [3.8, 4) is 28.0 Å². The van der Waals surface area contributed by atoms with Crippen molar-refractivity contribution in [1.29, 1.82) is 0 Å². The van der Waals surface area contributed by atoms with Crippen LogP contribution in [-0.4, -0.2) is 24.0 Å². The van der Waals surface area contributed by atoms with E-state index in [1.807, 2.05) is 18.2 Å². The van der Waals surface area contributed by atoms with Crippen molar-refractivity contribution >= 4 is 76.3 Å². The van der Waals surface area contributed by atoms with E-state index in [-0.39, 0.29) is 30.1 Å². The number of nitrogens with zero attached hydrogens (tertiary/aromatic N) is 2. The fourth-order valence-corrected chi connectivity index (χ4v) is 12.1. The molecule has 9 aromatic carbocycles. The summed E-state index contributed by atoms with van der Waals surface area (Å²) in [6.45, 7) is 11.5. The molecule has 0 fully saturated rings. The minimum Gasteiger partial charge on any atom is -0.425 e. The molecule has 0 amide bonds. The molecule has 66 heavy (non-hydrogen) atoms. The Morgan fingerprint density at radius 1 is 0.591 bits per heavy atom. The predicted octanol–water partition coefficient (Wildman–Crippen LogP) is 16.0. The second-order valence-corrected chi connectivity index (χ2v) is 20.6. The van der Waals surface area contributed by atoms with Crippen molar-refractivity contribution in [2.75, 3.05) is 18.0 Å². The lowest BCUT2D eigenvalue weighted by molar-refractivity contribution is -0.137. The first kappa shape index (κ1) is 41.9. The molecule has 5 heteroatoms. The number of carbonyl (C=O) groups is 1. The quantitative estimate of drug-likeness (QED) is 0.101. The molecule has 4 heterocycles. The summed E-state index contributed by atoms with van der Waals surface area (Å²) in [7, 11) is 0. The summed E-state index contributed by atoms with van der Waals surface area (Å²) >= 11 is 1.61. The third-order valence-corrected chi connectivity index (χ3v) is 15.7. The second kappa shape index (κ2) is 16.0. The zero-order valence-electron chi connectivity index (χ0n) is 37.3. The van der Waals surface area contributed by atoms with Gasteiger partial charge in [0.2, 0.25) is 0 Å². The molecule has 0 N–H and O–H groups in total. The number of hydrogen-bond acceptors (Lipinski definition) is 5. The van der Waals surface area contributed by atoms with Crippen molar-refractivity contribution in [3.05, 3.63) is 185 Å². The molecule has 1 aromatic heterocycles. The highest BCUT2D eigenvalue weighted by molar-refractivity contribution is 7.18. The molecular weight excluding hydrogens is 825 g/mol. The maximum Gasteiger partial charge on any atom is 0.321 e. The zero-order chi connectivity index (χ0) is 44.0. The normalized spacial score (nSPS) is 16.9. The van der Waals surface area contributed by atoms with Crippen LogP contribution in [0.3, 0.4) is 0 Å². The summed E-state index contributed by atoms with van der Waals surface area (Å²) in [6, 6.07) is 59.1. The van der Waals surface area contributed by atoms with Crippen LogP contribution in [0, 0.1) is 0 Å². The van der Waals surface area contributed by atoms with Crippen LogP contribution in [0.25, 0.3) is 75.6 Å². The van der Waals surface area contributed by atoms with E-state index in [0.29, 0.717) is 6.42 Å². The molecule has 10 aromatic rings. The molecular formula is C61H54N2O2S. The molecule has 0 spiro atoms. The molecule has 1 atom stereocenters. The van der Waals surface area contributed by atoms with Gasteiger partial charge in [-0.25, -0.2) is 4.98 Å². The first-order valence-electron chi connectivity index (χ1n) is 23.1. The summed E-state index contributed by atoms with van der Waals surface area (Å²) in [4.78, 5) is 20.5. The number of benzene rings is 9. The molecule has 13 rings (SSSR count). The number of esters is 1. The average Bonchev–Trinajstić information content (AvgIpc) is 3.76. The number of para-hydroxylation sites is 1. The molecule has 3 aliphatic rings. The minimum absolute atomic E-state index is 0. The Bertz CT molecular complexity index is 3330. The third kappa shape index (κ3) is 6.86. The van der Waals surface area contributed by atoms with Gasteiger partial charge in [0, 0.05) is 24.3 Å². The molecule has 4 nitrogen and oxygen atoms in total. The van der Waals surface area contributed by atoms with Gasteiger partial charge in [-0.3, -0.25) is 4.79 Å². The monoisotopic (exact) mass is 878 g/mol. The summed E-state index contributed by atoms with van der Waals surface area (Å²) in [5.41, 5.74) is 11.4. The summed E-state index contributed by atoms with van der Waals surface area (Å²) in [5.74, 6) is 0.337. The number of hydrogen-bond donors (Lipinski definition) is 0. The van der Waals surface area contributed by atoms with Crippen molar-refractivity contribution in [1.82, 2.24) is 4.98 Å². The van der Waals surface area contributed by atoms with E-state index in [9.17, 15) is 4.79 Å². The minimum atomic E-state index is -0.329. The van der Waals surface area contributed by atoms with Gasteiger partial charge >= 0.3 is 5.97 Å². The van der Waals surface area contributed by atoms with Gasteiger partial charge in [0.1, 0.15) is 16.7 Å². The fourth-order valence-electron chi connectivity index (χ4n) is 11.0. The number of carbonyl (C=O) groups excluding carboxylic acids is 1. The van der Waals surface area contributed by atoms with Gasteiger partial charge in [-0.15, -0.1) is 11.3 Å². The largest absolute Gasteiger partial charge is 0.425 e. The highest BCUT2D eigenvalue weighted by atomic mass is 32.1. The van der Waals surface area contributed by atoms with Gasteiger partial charge in [-0.05, 0) is 137 Å². The maximum absolute atomic E-state index is 13.2. The number of ether oxygens (including phenoxy) is 1. The van der Waals surface area contributed by atoms with E-state index in [1.165, 1.54) is 87.7 Å². The Morgan fingerprint density at radius 3 is 1.65 bits per heavy atom. The molecule has 1 unspecified atom stereocenters. The average molecular weight is 879 g/mol. The van der Waals surface area contributed by atoms with Crippen molar-refractivity contribution in [2.24, 2.45) is 0 Å². The highest BCUT2D eigenvalue weighted by Crippen LogP contribution is 2.55. The molecule has 0 aliphatic carbocycles. The van der Waals surface area contributed by atoms with Crippen LogP contribution in [0.1, 0.15) is 75.6 Å². The molecule has 0 bridgehead atoms. The van der Waals surface area contributed by atoms with Crippen LogP contribution in [0.15, 0.2) is 164 Å². The van der Waals surface area contributed by atoms with Crippen LogP contribution in [0.2, 0.25) is 0 Å². The number of thiazole rings is 1. The Morgan fingerprint density at radius 2 is 1.09 bits per heavy atom. The highest BCUT2D eigenvalue weighted by Gasteiger charge is 2.45. The molecule has 0 saturated carbocycles. The molecule has 326 valence electrons. The fraction of sp³-hybridized carbons (Fsp3) is 0.213. The van der Waals surface area contributed by atoms with E-state index in [0.717, 1.165) is 46.9 Å². The van der Waals surface area contributed by atoms with Gasteiger partial charge in [0.15, 0.2) is 0 Å². The third-order valence-electron chi connectivity index (χ3n) is 14.6. The lowest BCUT2D eigenvalue weighted by atomic mass is 9.68. The second-order valence-electron chi connectivity index (χ2n) is 19.6. The molecule has 0 saturated heterocycles. The van der Waals surface area contributed by atoms with Crippen LogP contribution >= 0.6 is 11.3 Å². The van der Waals surface area contributed by atoms with Gasteiger partial charge in [0.05, 0.1) is 10.2 Å². The summed E-state index contributed by atoms with van der Waals surface area (Å²) in [6.07, 6.45) is 2.90. The van der Waals surface area contributed by atoms with Gasteiger partial charge in [-0.2, -0.15) is 0 Å². The SMILES string of the molecule is C.CC1(C)CCN2CCC(C)(C)c3c4c(cc1c32)CC(c1nc2ccccc2s1)C(=O)O4.c1ccc2cc(-c3c4ccccc4c(-c4ccc5ccccc5c4)c4ccccc34)ccc2c1. The van der Waals surface area contributed by atoms with Crippen LogP contribution in [0.4, 0.5) is 5.69 Å². The molecule has 3 aliphatic heterocycles. The zero-order valence-corrected chi connectivity index (χ0v) is 38.1. The lowest BCUT2D eigenvalue weighted by Crippen LogP contribution is -2.45. The summed E-state index contributed by atoms with van der Waals surface area (Å²) in [5, 5.41) is 11.1. The van der Waals surface area contributed by atoms with Crippen molar-refractivity contribution < 1.29 is 9.53 Å². The maximum atomic E-state index is 13.2. The van der Waals surface area contributed by atoms with E-state index in [2.05, 4.69) is 178 Å². The first-order chi connectivity index (χ1) is 31.6. The Kier molecular flexibility index (Phi) is 10.1. The van der Waals surface area contributed by atoms with Gasteiger partial charge in [-0.1, -0.05) is 169 Å². The van der Waals surface area contributed by atoms with Gasteiger partial charge in [0.25, 0.3) is 0 Å². The van der Waals surface area contributed by atoms with Crippen LogP contribution in [0.5, 0.6) is 5.75 Å². The number of fused-ring (bicyclic) bond motifs is 7. The predicted molar refractivity (Wildman–Crippen MR) is 280 cm³/mol. The van der Waals surface area contributed by atoms with E-state index >= 15 is 0 Å². The smallest absolute Gasteiger partial charge is 0.321 e. The lowest BCUT2D eigenvalue weighted by Gasteiger charge is -2.49. The summed E-state index contributed by atoms with van der Waals surface area (Å²) < 4.78 is 7.29. The van der Waals surface area contributed by atoms with E-state index < -0.39 is 0 Å². The number of rotatable bonds is 3. The van der Waals surface area contributed by atoms with Crippen LogP contribution < -0.4 is 9.64 Å². The Hall–Kier alpha value is -6.82. The topological polar surface area (TPSA) is 42.4 Å².